The molecular formula is C23H33F3N2O5. The third-order valence-electron chi connectivity index (χ3n) is 4.78. The SMILES string of the molecule is CCCN(C(=O)[C@H](CC(C)C)OC(=O)Nc1ccc(C(F)(F)F)cc1)C(C(=O)O)C(C)(C)C. The molecule has 0 radical (unpaired) electrons. The zero-order valence-corrected chi connectivity index (χ0v) is 19.8. The van der Waals surface area contributed by atoms with E-state index in [1.54, 1.807) is 27.7 Å². The first-order valence-corrected chi connectivity index (χ1v) is 10.8. The molecule has 7 nitrogen and oxygen atoms in total. The minimum atomic E-state index is -4.51. The van der Waals surface area contributed by atoms with Gasteiger partial charge in [0.2, 0.25) is 0 Å². The van der Waals surface area contributed by atoms with Crippen LogP contribution in [0.3, 0.4) is 0 Å². The highest BCUT2D eigenvalue weighted by atomic mass is 19.4. The number of anilines is 1. The van der Waals surface area contributed by atoms with E-state index in [1.165, 1.54) is 4.90 Å². The van der Waals surface area contributed by atoms with Gasteiger partial charge in [0.05, 0.1) is 5.56 Å². The van der Waals surface area contributed by atoms with Gasteiger partial charge in [-0.1, -0.05) is 41.5 Å². The fourth-order valence-electron chi connectivity index (χ4n) is 3.41. The maximum atomic E-state index is 13.3. The molecule has 2 amide bonds. The van der Waals surface area contributed by atoms with Crippen molar-refractivity contribution >= 4 is 23.7 Å². The highest BCUT2D eigenvalue weighted by Crippen LogP contribution is 2.30. The average Bonchev–Trinajstić information content (AvgIpc) is 2.64. The molecule has 1 aromatic rings. The van der Waals surface area contributed by atoms with Crippen molar-refractivity contribution in [2.45, 2.75) is 72.7 Å². The lowest BCUT2D eigenvalue weighted by molar-refractivity contribution is -0.159. The average molecular weight is 475 g/mol. The molecule has 10 heteroatoms. The Balaban J connectivity index is 3.10. The van der Waals surface area contributed by atoms with Gasteiger partial charge in [-0.15, -0.1) is 0 Å². The number of ether oxygens (including phenoxy) is 1. The summed E-state index contributed by atoms with van der Waals surface area (Å²) in [6.07, 6.45) is -6.14. The molecule has 0 saturated carbocycles. The van der Waals surface area contributed by atoms with E-state index in [2.05, 4.69) is 5.32 Å². The van der Waals surface area contributed by atoms with Crippen LogP contribution in [0.5, 0.6) is 0 Å². The quantitative estimate of drug-likeness (QED) is 0.499. The molecule has 1 rings (SSSR count). The highest BCUT2D eigenvalue weighted by molar-refractivity contribution is 5.91. The molecule has 1 aromatic carbocycles. The van der Waals surface area contributed by atoms with Crippen LogP contribution in [0.25, 0.3) is 0 Å². The lowest BCUT2D eigenvalue weighted by atomic mass is 9.85. The van der Waals surface area contributed by atoms with Crippen molar-refractivity contribution in [2.75, 3.05) is 11.9 Å². The first-order valence-electron chi connectivity index (χ1n) is 10.8. The van der Waals surface area contributed by atoms with Crippen LogP contribution in [0.1, 0.15) is 59.9 Å². The topological polar surface area (TPSA) is 95.9 Å². The minimum Gasteiger partial charge on any atom is -0.480 e. The van der Waals surface area contributed by atoms with Gasteiger partial charge in [-0.25, -0.2) is 9.59 Å². The number of hydrogen-bond acceptors (Lipinski definition) is 4. The molecule has 0 saturated heterocycles. The summed E-state index contributed by atoms with van der Waals surface area (Å²) in [5, 5.41) is 12.1. The summed E-state index contributed by atoms with van der Waals surface area (Å²) >= 11 is 0. The van der Waals surface area contributed by atoms with Crippen LogP contribution in [0, 0.1) is 11.3 Å². The smallest absolute Gasteiger partial charge is 0.416 e. The predicted octanol–water partition coefficient (Wildman–Crippen LogP) is 5.41. The molecule has 186 valence electrons. The van der Waals surface area contributed by atoms with Crippen LogP contribution < -0.4 is 5.32 Å². The standard InChI is InChI=1S/C23H33F3N2O5/c1-7-12-28(18(20(30)31)22(4,5)6)19(29)17(13-14(2)3)33-21(32)27-16-10-8-15(9-11-16)23(24,25)26/h8-11,14,17-18H,7,12-13H2,1-6H3,(H,27,32)(H,30,31)/t17-,18?/m0/s1. The summed E-state index contributed by atoms with van der Waals surface area (Å²) < 4.78 is 43.5. The van der Waals surface area contributed by atoms with Gasteiger partial charge in [0.1, 0.15) is 6.04 Å². The number of carboxylic acids is 1. The first-order chi connectivity index (χ1) is 15.1. The number of benzene rings is 1. The Hall–Kier alpha value is -2.78. The second-order valence-electron chi connectivity index (χ2n) is 9.36. The summed E-state index contributed by atoms with van der Waals surface area (Å²) in [6, 6.07) is 2.65. The lowest BCUT2D eigenvalue weighted by Gasteiger charge is -2.38. The molecule has 1 unspecified atom stereocenters. The van der Waals surface area contributed by atoms with Crippen molar-refractivity contribution in [3.8, 4) is 0 Å². The maximum absolute atomic E-state index is 13.3. The highest BCUT2D eigenvalue weighted by Gasteiger charge is 2.41. The van der Waals surface area contributed by atoms with Gasteiger partial charge >= 0.3 is 18.2 Å². The van der Waals surface area contributed by atoms with Crippen molar-refractivity contribution in [1.82, 2.24) is 4.90 Å². The Labute approximate surface area is 192 Å². The summed E-state index contributed by atoms with van der Waals surface area (Å²) in [5.74, 6) is -1.85. The Morgan fingerprint density at radius 2 is 1.64 bits per heavy atom. The summed E-state index contributed by atoms with van der Waals surface area (Å²) in [4.78, 5) is 39.0. The van der Waals surface area contributed by atoms with Gasteiger partial charge in [0.25, 0.3) is 5.91 Å². The van der Waals surface area contributed by atoms with E-state index < -0.39 is 47.3 Å². The van der Waals surface area contributed by atoms with Crippen molar-refractivity contribution in [2.24, 2.45) is 11.3 Å². The second kappa shape index (κ2) is 11.4. The van der Waals surface area contributed by atoms with Crippen LogP contribution in [0.4, 0.5) is 23.7 Å². The van der Waals surface area contributed by atoms with Crippen molar-refractivity contribution < 1.29 is 37.4 Å². The van der Waals surface area contributed by atoms with E-state index in [1.807, 2.05) is 13.8 Å². The number of carbonyl (C=O) groups excluding carboxylic acids is 2. The van der Waals surface area contributed by atoms with Gasteiger partial charge in [-0.3, -0.25) is 10.1 Å². The van der Waals surface area contributed by atoms with Gasteiger partial charge in [-0.2, -0.15) is 13.2 Å². The largest absolute Gasteiger partial charge is 0.480 e. The first kappa shape index (κ1) is 28.3. The normalized spacial score (nSPS) is 13.9. The fraction of sp³-hybridized carbons (Fsp3) is 0.609. The van der Waals surface area contributed by atoms with Gasteiger partial charge in [-0.05, 0) is 48.4 Å². The second-order valence-corrected chi connectivity index (χ2v) is 9.36. The fourth-order valence-corrected chi connectivity index (χ4v) is 3.41. The van der Waals surface area contributed by atoms with E-state index in [0.29, 0.717) is 6.42 Å². The van der Waals surface area contributed by atoms with Gasteiger partial charge in [0, 0.05) is 12.2 Å². The van der Waals surface area contributed by atoms with Crippen LogP contribution >= 0.6 is 0 Å². The maximum Gasteiger partial charge on any atom is 0.416 e. The third kappa shape index (κ3) is 8.58. The molecular weight excluding hydrogens is 441 g/mol. The third-order valence-corrected chi connectivity index (χ3v) is 4.78. The molecule has 0 aliphatic carbocycles. The Morgan fingerprint density at radius 3 is 2.03 bits per heavy atom. The van der Waals surface area contributed by atoms with Crippen LogP contribution in [-0.2, 0) is 20.5 Å². The monoisotopic (exact) mass is 474 g/mol. The number of amides is 2. The number of nitrogens with zero attached hydrogens (tertiary/aromatic N) is 1. The molecule has 0 spiro atoms. The van der Waals surface area contributed by atoms with Gasteiger partial charge in [0.15, 0.2) is 6.10 Å². The zero-order chi connectivity index (χ0) is 25.6. The van der Waals surface area contributed by atoms with E-state index in [0.717, 1.165) is 24.3 Å². The molecule has 33 heavy (non-hydrogen) atoms. The number of nitrogens with one attached hydrogen (secondary N) is 1. The number of carboxylic acid groups (broad SMARTS) is 1. The molecule has 0 aliphatic rings. The minimum absolute atomic E-state index is 0.0563. The Morgan fingerprint density at radius 1 is 1.09 bits per heavy atom. The molecule has 2 atom stereocenters. The van der Waals surface area contributed by atoms with Crippen molar-refractivity contribution in [1.29, 1.82) is 0 Å². The van der Waals surface area contributed by atoms with Crippen molar-refractivity contribution in [3.63, 3.8) is 0 Å². The van der Waals surface area contributed by atoms with E-state index in [4.69, 9.17) is 4.74 Å². The summed E-state index contributed by atoms with van der Waals surface area (Å²) in [5.41, 5.74) is -1.58. The molecule has 0 aromatic heterocycles. The van der Waals surface area contributed by atoms with Crippen molar-refractivity contribution in [3.05, 3.63) is 29.8 Å². The van der Waals surface area contributed by atoms with Crippen LogP contribution in [-0.4, -0.2) is 46.7 Å². The van der Waals surface area contributed by atoms with E-state index in [9.17, 15) is 32.7 Å². The lowest BCUT2D eigenvalue weighted by Crippen LogP contribution is -2.55. The Bertz CT molecular complexity index is 817. The number of hydrogen-bond donors (Lipinski definition) is 2. The number of rotatable bonds is 9. The summed E-state index contributed by atoms with van der Waals surface area (Å²) in [6.45, 7) is 10.7. The predicted molar refractivity (Wildman–Crippen MR) is 118 cm³/mol. The Kier molecular flexibility index (Phi) is 9.74. The molecule has 0 fully saturated rings. The van der Waals surface area contributed by atoms with E-state index >= 15 is 0 Å². The number of halogens is 3. The number of alkyl halides is 3. The van der Waals surface area contributed by atoms with Crippen LogP contribution in [0.15, 0.2) is 24.3 Å². The zero-order valence-electron chi connectivity index (χ0n) is 19.8. The van der Waals surface area contributed by atoms with E-state index in [-0.39, 0.29) is 24.6 Å². The molecule has 0 heterocycles. The summed E-state index contributed by atoms with van der Waals surface area (Å²) in [7, 11) is 0. The van der Waals surface area contributed by atoms with Gasteiger partial charge < -0.3 is 14.7 Å². The number of aliphatic carboxylic acids is 1. The molecule has 0 bridgehead atoms. The molecule has 2 N–H and O–H groups in total. The molecule has 0 aliphatic heterocycles. The number of carbonyl (C=O) groups is 3. The van der Waals surface area contributed by atoms with Crippen LogP contribution in [0.2, 0.25) is 0 Å².